The SMILES string of the molecule is CCCC(CNC)N(C)Cc1ccccc1. The van der Waals surface area contributed by atoms with Crippen LogP contribution in [0.4, 0.5) is 0 Å². The van der Waals surface area contributed by atoms with Crippen LogP contribution in [0.5, 0.6) is 0 Å². The van der Waals surface area contributed by atoms with E-state index in [4.69, 9.17) is 0 Å². The van der Waals surface area contributed by atoms with Crippen molar-refractivity contribution in [2.75, 3.05) is 20.6 Å². The molecule has 0 aliphatic rings. The second kappa shape index (κ2) is 7.42. The molecule has 0 saturated carbocycles. The van der Waals surface area contributed by atoms with Crippen LogP contribution < -0.4 is 5.32 Å². The van der Waals surface area contributed by atoms with Crippen LogP contribution in [-0.4, -0.2) is 31.6 Å². The van der Waals surface area contributed by atoms with Gasteiger partial charge in [0.1, 0.15) is 0 Å². The van der Waals surface area contributed by atoms with Gasteiger partial charge in [0.05, 0.1) is 0 Å². The van der Waals surface area contributed by atoms with Gasteiger partial charge in [-0.2, -0.15) is 0 Å². The van der Waals surface area contributed by atoms with Gasteiger partial charge < -0.3 is 5.32 Å². The maximum absolute atomic E-state index is 3.28. The first-order valence-corrected chi connectivity index (χ1v) is 6.16. The zero-order chi connectivity index (χ0) is 11.8. The number of nitrogens with zero attached hydrogens (tertiary/aromatic N) is 1. The Morgan fingerprint density at radius 3 is 2.50 bits per heavy atom. The summed E-state index contributed by atoms with van der Waals surface area (Å²) < 4.78 is 0. The monoisotopic (exact) mass is 220 g/mol. The van der Waals surface area contributed by atoms with Crippen molar-refractivity contribution in [3.8, 4) is 0 Å². The summed E-state index contributed by atoms with van der Waals surface area (Å²) in [7, 11) is 4.24. The van der Waals surface area contributed by atoms with Gasteiger partial charge >= 0.3 is 0 Å². The van der Waals surface area contributed by atoms with Gasteiger partial charge in [0, 0.05) is 19.1 Å². The third-order valence-corrected chi connectivity index (χ3v) is 2.96. The molecular weight excluding hydrogens is 196 g/mol. The largest absolute Gasteiger partial charge is 0.318 e. The number of nitrogens with one attached hydrogen (secondary N) is 1. The fraction of sp³-hybridized carbons (Fsp3) is 0.571. The minimum atomic E-state index is 0.634. The molecule has 0 aromatic heterocycles. The highest BCUT2D eigenvalue weighted by molar-refractivity contribution is 5.14. The molecule has 0 aliphatic carbocycles. The van der Waals surface area contributed by atoms with E-state index >= 15 is 0 Å². The van der Waals surface area contributed by atoms with E-state index < -0.39 is 0 Å². The van der Waals surface area contributed by atoms with Gasteiger partial charge in [0.25, 0.3) is 0 Å². The van der Waals surface area contributed by atoms with Gasteiger partial charge in [-0.1, -0.05) is 43.7 Å². The Balaban J connectivity index is 2.51. The smallest absolute Gasteiger partial charge is 0.0234 e. The molecule has 0 fully saturated rings. The van der Waals surface area contributed by atoms with E-state index in [0.717, 1.165) is 13.1 Å². The van der Waals surface area contributed by atoms with E-state index in [2.05, 4.69) is 54.5 Å². The Hall–Kier alpha value is -0.860. The van der Waals surface area contributed by atoms with Crippen molar-refractivity contribution in [1.29, 1.82) is 0 Å². The van der Waals surface area contributed by atoms with Crippen molar-refractivity contribution in [3.63, 3.8) is 0 Å². The van der Waals surface area contributed by atoms with Gasteiger partial charge in [-0.25, -0.2) is 0 Å². The Bertz CT molecular complexity index is 265. The molecule has 0 saturated heterocycles. The molecule has 16 heavy (non-hydrogen) atoms. The van der Waals surface area contributed by atoms with Crippen molar-refractivity contribution >= 4 is 0 Å². The van der Waals surface area contributed by atoms with Gasteiger partial charge in [-0.3, -0.25) is 4.90 Å². The van der Waals surface area contributed by atoms with Crippen molar-refractivity contribution in [2.45, 2.75) is 32.4 Å². The molecular formula is C14H24N2. The molecule has 0 aliphatic heterocycles. The van der Waals surface area contributed by atoms with Crippen molar-refractivity contribution in [2.24, 2.45) is 0 Å². The third kappa shape index (κ3) is 4.33. The highest BCUT2D eigenvalue weighted by Gasteiger charge is 2.12. The summed E-state index contributed by atoms with van der Waals surface area (Å²) in [5.74, 6) is 0. The second-order valence-corrected chi connectivity index (χ2v) is 4.40. The molecule has 0 amide bonds. The fourth-order valence-electron chi connectivity index (χ4n) is 2.05. The first kappa shape index (κ1) is 13.2. The number of likely N-dealkylation sites (N-methyl/N-ethyl adjacent to an activating group) is 2. The zero-order valence-corrected chi connectivity index (χ0v) is 10.7. The van der Waals surface area contributed by atoms with Gasteiger partial charge in [-0.05, 0) is 26.1 Å². The highest BCUT2D eigenvalue weighted by atomic mass is 15.1. The van der Waals surface area contributed by atoms with Gasteiger partial charge in [0.2, 0.25) is 0 Å². The summed E-state index contributed by atoms with van der Waals surface area (Å²) in [5, 5.41) is 3.28. The summed E-state index contributed by atoms with van der Waals surface area (Å²) in [6.45, 7) is 4.35. The van der Waals surface area contributed by atoms with Crippen molar-refractivity contribution in [3.05, 3.63) is 35.9 Å². The zero-order valence-electron chi connectivity index (χ0n) is 10.7. The summed E-state index contributed by atoms with van der Waals surface area (Å²) >= 11 is 0. The Morgan fingerprint density at radius 2 is 1.94 bits per heavy atom. The Morgan fingerprint density at radius 1 is 1.25 bits per heavy atom. The number of hydrogen-bond donors (Lipinski definition) is 1. The molecule has 2 nitrogen and oxygen atoms in total. The molecule has 0 spiro atoms. The van der Waals surface area contributed by atoms with E-state index in [-0.39, 0.29) is 0 Å². The van der Waals surface area contributed by atoms with Crippen LogP contribution in [0.3, 0.4) is 0 Å². The van der Waals surface area contributed by atoms with Crippen LogP contribution in [0.15, 0.2) is 30.3 Å². The van der Waals surface area contributed by atoms with Crippen molar-refractivity contribution in [1.82, 2.24) is 10.2 Å². The first-order chi connectivity index (χ1) is 7.77. The summed E-state index contributed by atoms with van der Waals surface area (Å²) in [6.07, 6.45) is 2.50. The Kier molecular flexibility index (Phi) is 6.12. The quantitative estimate of drug-likeness (QED) is 0.759. The molecule has 2 heteroatoms. The molecule has 1 atom stereocenters. The van der Waals surface area contributed by atoms with Gasteiger partial charge in [0.15, 0.2) is 0 Å². The molecule has 0 heterocycles. The number of rotatable bonds is 7. The number of benzene rings is 1. The van der Waals surface area contributed by atoms with Crippen LogP contribution >= 0.6 is 0 Å². The Labute approximate surface area is 99.7 Å². The predicted octanol–water partition coefficient (Wildman–Crippen LogP) is 2.51. The molecule has 1 rings (SSSR count). The lowest BCUT2D eigenvalue weighted by atomic mass is 10.1. The summed E-state index contributed by atoms with van der Waals surface area (Å²) in [6, 6.07) is 11.3. The molecule has 90 valence electrons. The second-order valence-electron chi connectivity index (χ2n) is 4.40. The average Bonchev–Trinajstić information content (AvgIpc) is 2.30. The van der Waals surface area contributed by atoms with Crippen LogP contribution in [0.2, 0.25) is 0 Å². The minimum Gasteiger partial charge on any atom is -0.318 e. The topological polar surface area (TPSA) is 15.3 Å². The summed E-state index contributed by atoms with van der Waals surface area (Å²) in [5.41, 5.74) is 1.39. The van der Waals surface area contributed by atoms with Crippen LogP contribution in [-0.2, 0) is 6.54 Å². The maximum atomic E-state index is 3.28. The van der Waals surface area contributed by atoms with Crippen LogP contribution in [0.25, 0.3) is 0 Å². The van der Waals surface area contributed by atoms with E-state index in [1.807, 2.05) is 7.05 Å². The standard InChI is InChI=1S/C14H24N2/c1-4-8-14(11-15-2)16(3)12-13-9-6-5-7-10-13/h5-7,9-10,14-15H,4,8,11-12H2,1-3H3. The van der Waals surface area contributed by atoms with Gasteiger partial charge in [-0.15, -0.1) is 0 Å². The van der Waals surface area contributed by atoms with E-state index in [1.165, 1.54) is 18.4 Å². The van der Waals surface area contributed by atoms with Crippen LogP contribution in [0, 0.1) is 0 Å². The molecule has 1 N–H and O–H groups in total. The third-order valence-electron chi connectivity index (χ3n) is 2.96. The average molecular weight is 220 g/mol. The molecule has 0 bridgehead atoms. The highest BCUT2D eigenvalue weighted by Crippen LogP contribution is 2.09. The van der Waals surface area contributed by atoms with Crippen LogP contribution in [0.1, 0.15) is 25.3 Å². The predicted molar refractivity (Wildman–Crippen MR) is 70.5 cm³/mol. The minimum absolute atomic E-state index is 0.634. The van der Waals surface area contributed by atoms with E-state index in [1.54, 1.807) is 0 Å². The molecule has 0 radical (unpaired) electrons. The summed E-state index contributed by atoms with van der Waals surface area (Å²) in [4.78, 5) is 2.44. The lowest BCUT2D eigenvalue weighted by Gasteiger charge is -2.27. The maximum Gasteiger partial charge on any atom is 0.0234 e. The number of hydrogen-bond acceptors (Lipinski definition) is 2. The molecule has 1 aromatic rings. The lowest BCUT2D eigenvalue weighted by molar-refractivity contribution is 0.218. The molecule has 1 aromatic carbocycles. The van der Waals surface area contributed by atoms with E-state index in [0.29, 0.717) is 6.04 Å². The fourth-order valence-corrected chi connectivity index (χ4v) is 2.05. The van der Waals surface area contributed by atoms with Crippen molar-refractivity contribution < 1.29 is 0 Å². The lowest BCUT2D eigenvalue weighted by Crippen LogP contribution is -2.38. The molecule has 1 unspecified atom stereocenters. The van der Waals surface area contributed by atoms with E-state index in [9.17, 15) is 0 Å². The normalized spacial score (nSPS) is 13.0. The first-order valence-electron chi connectivity index (χ1n) is 6.16.